The largest absolute Gasteiger partial charge is 0.493 e. The molecule has 0 spiro atoms. The van der Waals surface area contributed by atoms with Crippen LogP contribution in [-0.4, -0.2) is 44.5 Å². The van der Waals surface area contributed by atoms with Gasteiger partial charge in [-0.25, -0.2) is 0 Å². The Morgan fingerprint density at radius 1 is 1.19 bits per heavy atom. The van der Waals surface area contributed by atoms with Gasteiger partial charge in [-0.3, -0.25) is 4.79 Å². The predicted molar refractivity (Wildman–Crippen MR) is 103 cm³/mol. The lowest BCUT2D eigenvalue weighted by Gasteiger charge is -2.23. The van der Waals surface area contributed by atoms with Gasteiger partial charge in [0.2, 0.25) is 11.7 Å². The number of nitrogens with one attached hydrogen (secondary N) is 1. The molecule has 2 atom stereocenters. The molecule has 0 saturated carbocycles. The van der Waals surface area contributed by atoms with E-state index in [9.17, 15) is 9.90 Å². The summed E-state index contributed by atoms with van der Waals surface area (Å²) in [6.07, 6.45) is 7.92. The van der Waals surface area contributed by atoms with Crippen LogP contribution in [0.25, 0.3) is 5.57 Å². The molecule has 1 amide bonds. The summed E-state index contributed by atoms with van der Waals surface area (Å²) in [5, 5.41) is 13.3. The topological polar surface area (TPSA) is 77.0 Å². The van der Waals surface area contributed by atoms with Gasteiger partial charge in [0.05, 0.1) is 33.5 Å². The summed E-state index contributed by atoms with van der Waals surface area (Å²) in [4.78, 5) is 11.8. The van der Waals surface area contributed by atoms with E-state index in [0.29, 0.717) is 30.1 Å². The number of aryl methyl sites for hydroxylation is 1. The SMILES string of the molecule is COc1cc2c(c(OC)c1OC)C1=CC=CC(O)C=C1C(NC(C)=O)CC2. The van der Waals surface area contributed by atoms with Gasteiger partial charge in [0.1, 0.15) is 0 Å². The first-order valence-corrected chi connectivity index (χ1v) is 8.88. The van der Waals surface area contributed by atoms with E-state index < -0.39 is 6.10 Å². The van der Waals surface area contributed by atoms with Crippen LogP contribution < -0.4 is 19.5 Å². The highest BCUT2D eigenvalue weighted by Crippen LogP contribution is 2.49. The van der Waals surface area contributed by atoms with Gasteiger partial charge in [-0.15, -0.1) is 0 Å². The summed E-state index contributed by atoms with van der Waals surface area (Å²) in [6.45, 7) is 1.50. The molecule has 27 heavy (non-hydrogen) atoms. The Morgan fingerprint density at radius 3 is 2.56 bits per heavy atom. The first-order chi connectivity index (χ1) is 13.0. The Bertz CT molecular complexity index is 837. The number of amides is 1. The van der Waals surface area contributed by atoms with Crippen molar-refractivity contribution in [1.82, 2.24) is 5.32 Å². The van der Waals surface area contributed by atoms with Crippen LogP contribution in [-0.2, 0) is 11.2 Å². The molecular weight excluding hydrogens is 346 g/mol. The third-order valence-corrected chi connectivity index (χ3v) is 4.87. The average molecular weight is 371 g/mol. The highest BCUT2D eigenvalue weighted by molar-refractivity contribution is 5.90. The number of aliphatic hydroxyl groups is 1. The number of aliphatic hydroxyl groups excluding tert-OH is 1. The molecule has 0 aromatic heterocycles. The molecule has 0 bridgehead atoms. The summed E-state index contributed by atoms with van der Waals surface area (Å²) in [6, 6.07) is 1.74. The Labute approximate surface area is 159 Å². The highest BCUT2D eigenvalue weighted by Gasteiger charge is 2.31. The smallest absolute Gasteiger partial charge is 0.217 e. The molecule has 3 rings (SSSR count). The maximum atomic E-state index is 11.8. The van der Waals surface area contributed by atoms with E-state index in [0.717, 1.165) is 22.3 Å². The van der Waals surface area contributed by atoms with E-state index in [-0.39, 0.29) is 11.9 Å². The van der Waals surface area contributed by atoms with Gasteiger partial charge < -0.3 is 24.6 Å². The molecule has 6 heteroatoms. The zero-order chi connectivity index (χ0) is 19.6. The molecule has 1 aromatic rings. The van der Waals surface area contributed by atoms with Crippen molar-refractivity contribution in [2.24, 2.45) is 0 Å². The van der Waals surface area contributed by atoms with Crippen molar-refractivity contribution >= 4 is 11.5 Å². The monoisotopic (exact) mass is 371 g/mol. The van der Waals surface area contributed by atoms with Crippen molar-refractivity contribution in [3.63, 3.8) is 0 Å². The van der Waals surface area contributed by atoms with E-state index in [4.69, 9.17) is 14.2 Å². The van der Waals surface area contributed by atoms with Gasteiger partial charge in [-0.05, 0) is 41.7 Å². The normalized spacial score (nSPS) is 20.9. The van der Waals surface area contributed by atoms with Crippen molar-refractivity contribution in [1.29, 1.82) is 0 Å². The predicted octanol–water partition coefficient (Wildman–Crippen LogP) is 2.40. The summed E-state index contributed by atoms with van der Waals surface area (Å²) < 4.78 is 16.8. The molecule has 0 heterocycles. The lowest BCUT2D eigenvalue weighted by molar-refractivity contribution is -0.119. The van der Waals surface area contributed by atoms with Gasteiger partial charge in [0, 0.05) is 12.5 Å². The fourth-order valence-corrected chi connectivity index (χ4v) is 3.77. The van der Waals surface area contributed by atoms with Crippen LogP contribution in [0, 0.1) is 0 Å². The van der Waals surface area contributed by atoms with E-state index >= 15 is 0 Å². The third kappa shape index (κ3) is 3.57. The number of hydrogen-bond acceptors (Lipinski definition) is 5. The van der Waals surface area contributed by atoms with Crippen LogP contribution in [0.15, 0.2) is 35.9 Å². The number of fused-ring (bicyclic) bond motifs is 3. The number of benzene rings is 1. The second-order valence-electron chi connectivity index (χ2n) is 6.55. The van der Waals surface area contributed by atoms with Gasteiger partial charge >= 0.3 is 0 Å². The lowest BCUT2D eigenvalue weighted by atomic mass is 9.91. The molecule has 0 fully saturated rings. The molecule has 0 saturated heterocycles. The number of allylic oxidation sites excluding steroid dienone is 2. The first-order valence-electron chi connectivity index (χ1n) is 8.88. The molecule has 2 N–H and O–H groups in total. The minimum atomic E-state index is -0.724. The summed E-state index contributed by atoms with van der Waals surface area (Å²) in [7, 11) is 4.76. The molecule has 2 unspecified atom stereocenters. The Kier molecular flexibility index (Phi) is 5.56. The molecular formula is C21H25NO5. The Hall–Kier alpha value is -2.73. The molecule has 2 aliphatic rings. The lowest BCUT2D eigenvalue weighted by Crippen LogP contribution is -2.35. The van der Waals surface area contributed by atoms with Crippen LogP contribution in [0.4, 0.5) is 0 Å². The molecule has 1 aromatic carbocycles. The molecule has 0 radical (unpaired) electrons. The standard InChI is InChI=1S/C21H25NO5/c1-12(23)22-17-9-8-13-10-18(25-2)20(26-3)21(27-4)19(13)15-7-5-6-14(24)11-16(15)17/h5-7,10-11,14,17,24H,8-9H2,1-4H3,(H,22,23). The van der Waals surface area contributed by atoms with Crippen LogP contribution >= 0.6 is 0 Å². The Balaban J connectivity index is 2.27. The number of ether oxygens (including phenoxy) is 3. The number of carbonyl (C=O) groups excluding carboxylic acids is 1. The molecule has 144 valence electrons. The maximum Gasteiger partial charge on any atom is 0.217 e. The first kappa shape index (κ1) is 19.0. The van der Waals surface area contributed by atoms with Crippen LogP contribution in [0.2, 0.25) is 0 Å². The van der Waals surface area contributed by atoms with E-state index in [1.54, 1.807) is 33.5 Å². The average Bonchev–Trinajstić information content (AvgIpc) is 2.91. The van der Waals surface area contributed by atoms with Gasteiger partial charge in [-0.2, -0.15) is 0 Å². The van der Waals surface area contributed by atoms with Gasteiger partial charge in [0.15, 0.2) is 11.5 Å². The Morgan fingerprint density at radius 2 is 1.93 bits per heavy atom. The van der Waals surface area contributed by atoms with Crippen molar-refractivity contribution < 1.29 is 24.1 Å². The van der Waals surface area contributed by atoms with Crippen LogP contribution in [0.1, 0.15) is 24.5 Å². The number of hydrogen-bond donors (Lipinski definition) is 2. The van der Waals surface area contributed by atoms with E-state index in [1.165, 1.54) is 6.92 Å². The van der Waals surface area contributed by atoms with Crippen molar-refractivity contribution in [2.75, 3.05) is 21.3 Å². The zero-order valence-corrected chi connectivity index (χ0v) is 16.0. The number of rotatable bonds is 4. The fourth-order valence-electron chi connectivity index (χ4n) is 3.77. The summed E-state index contributed by atoms with van der Waals surface area (Å²) in [5.41, 5.74) is 3.70. The van der Waals surface area contributed by atoms with E-state index in [1.807, 2.05) is 18.2 Å². The summed E-state index contributed by atoms with van der Waals surface area (Å²) >= 11 is 0. The minimum absolute atomic E-state index is 0.111. The van der Waals surface area contributed by atoms with Gasteiger partial charge in [0.25, 0.3) is 0 Å². The molecule has 6 nitrogen and oxygen atoms in total. The highest BCUT2D eigenvalue weighted by atomic mass is 16.5. The van der Waals surface area contributed by atoms with Crippen LogP contribution in [0.5, 0.6) is 17.2 Å². The second kappa shape index (κ2) is 7.88. The maximum absolute atomic E-state index is 11.8. The minimum Gasteiger partial charge on any atom is -0.493 e. The molecule has 2 aliphatic carbocycles. The van der Waals surface area contributed by atoms with E-state index in [2.05, 4.69) is 5.32 Å². The van der Waals surface area contributed by atoms with Crippen molar-refractivity contribution in [3.05, 3.63) is 47.1 Å². The molecule has 0 aliphatic heterocycles. The van der Waals surface area contributed by atoms with Crippen LogP contribution in [0.3, 0.4) is 0 Å². The third-order valence-electron chi connectivity index (χ3n) is 4.87. The fraction of sp³-hybridized carbons (Fsp3) is 0.381. The quantitative estimate of drug-likeness (QED) is 0.850. The second-order valence-corrected chi connectivity index (χ2v) is 6.55. The number of methoxy groups -OCH3 is 3. The number of carbonyl (C=O) groups is 1. The summed E-state index contributed by atoms with van der Waals surface area (Å²) in [5.74, 6) is 1.59. The zero-order valence-electron chi connectivity index (χ0n) is 16.0. The van der Waals surface area contributed by atoms with Crippen molar-refractivity contribution in [3.8, 4) is 17.2 Å². The van der Waals surface area contributed by atoms with Crippen molar-refractivity contribution in [2.45, 2.75) is 31.9 Å². The van der Waals surface area contributed by atoms with Gasteiger partial charge in [-0.1, -0.05) is 18.2 Å².